The molecule has 2 aromatic rings. The van der Waals surface area contributed by atoms with Gasteiger partial charge in [-0.15, -0.1) is 0 Å². The fourth-order valence-corrected chi connectivity index (χ4v) is 2.41. The zero-order chi connectivity index (χ0) is 14.8. The van der Waals surface area contributed by atoms with Crippen molar-refractivity contribution < 1.29 is 13.9 Å². The molecule has 0 saturated heterocycles. The van der Waals surface area contributed by atoms with Crippen molar-refractivity contribution in [2.45, 2.75) is 6.54 Å². The minimum atomic E-state index is -0.534. The second kappa shape index (κ2) is 5.44. The molecule has 0 fully saturated rings. The van der Waals surface area contributed by atoms with Crippen LogP contribution in [-0.4, -0.2) is 19.2 Å². The van der Waals surface area contributed by atoms with Gasteiger partial charge < -0.3 is 15.4 Å². The van der Waals surface area contributed by atoms with Gasteiger partial charge in [0, 0.05) is 16.9 Å². The summed E-state index contributed by atoms with van der Waals surface area (Å²) in [6, 6.07) is 12.4. The predicted octanol–water partition coefficient (Wildman–Crippen LogP) is 2.78. The minimum absolute atomic E-state index is 0.0222. The van der Waals surface area contributed by atoms with Crippen LogP contribution in [0.5, 0.6) is 5.75 Å². The largest absolute Gasteiger partial charge is 0.491 e. The van der Waals surface area contributed by atoms with E-state index < -0.39 is 6.67 Å². The third-order valence-electron chi connectivity index (χ3n) is 3.43. The molecule has 0 radical (unpaired) electrons. The summed E-state index contributed by atoms with van der Waals surface area (Å²) >= 11 is 0. The topological polar surface area (TPSA) is 55.6 Å². The number of fused-ring (bicyclic) bond motifs is 1. The Morgan fingerprint density at radius 2 is 1.95 bits per heavy atom. The molecule has 0 aliphatic carbocycles. The molecule has 0 spiro atoms. The highest BCUT2D eigenvalue weighted by atomic mass is 19.1. The fraction of sp³-hybridized carbons (Fsp3) is 0.188. The van der Waals surface area contributed by atoms with Crippen molar-refractivity contribution in [3.8, 4) is 5.75 Å². The number of amides is 1. The number of hydrogen-bond donors (Lipinski definition) is 1. The maximum absolute atomic E-state index is 12.4. The van der Waals surface area contributed by atoms with Gasteiger partial charge in [-0.1, -0.05) is 0 Å². The van der Waals surface area contributed by atoms with E-state index in [0.717, 1.165) is 11.3 Å². The van der Waals surface area contributed by atoms with Gasteiger partial charge in [0.1, 0.15) is 19.0 Å². The molecule has 0 unspecified atom stereocenters. The van der Waals surface area contributed by atoms with Gasteiger partial charge in [-0.3, -0.25) is 4.79 Å². The van der Waals surface area contributed by atoms with Crippen LogP contribution in [-0.2, 0) is 6.54 Å². The number of carbonyl (C=O) groups is 1. The first-order valence-electron chi connectivity index (χ1n) is 6.68. The van der Waals surface area contributed by atoms with Gasteiger partial charge in [0.25, 0.3) is 5.91 Å². The van der Waals surface area contributed by atoms with E-state index in [-0.39, 0.29) is 12.5 Å². The summed E-state index contributed by atoms with van der Waals surface area (Å²) < 4.78 is 17.4. The first-order valence-corrected chi connectivity index (χ1v) is 6.68. The Hall–Kier alpha value is -2.56. The lowest BCUT2D eigenvalue weighted by Crippen LogP contribution is -2.22. The molecule has 108 valence electrons. The smallest absolute Gasteiger partial charge is 0.258 e. The Balaban J connectivity index is 1.85. The van der Waals surface area contributed by atoms with Crippen LogP contribution in [0.4, 0.5) is 15.8 Å². The molecule has 1 aliphatic rings. The first kappa shape index (κ1) is 13.4. The molecule has 2 N–H and O–H groups in total. The number of nitrogens with zero attached hydrogens (tertiary/aromatic N) is 1. The Bertz CT molecular complexity index is 670. The molecule has 1 aliphatic heterocycles. The standard InChI is InChI=1S/C16H15FN2O2/c17-7-8-21-14-5-6-15-11(9-14)10-19(16(15)20)13-3-1-12(18)2-4-13/h1-6,9H,7-8,10,18H2. The van der Waals surface area contributed by atoms with Gasteiger partial charge in [0.15, 0.2) is 0 Å². The maximum Gasteiger partial charge on any atom is 0.258 e. The van der Waals surface area contributed by atoms with Crippen LogP contribution in [0.1, 0.15) is 15.9 Å². The van der Waals surface area contributed by atoms with E-state index in [9.17, 15) is 9.18 Å². The van der Waals surface area contributed by atoms with Crippen LogP contribution >= 0.6 is 0 Å². The maximum atomic E-state index is 12.4. The summed E-state index contributed by atoms with van der Waals surface area (Å²) in [5.74, 6) is 0.533. The molecule has 1 amide bonds. The molecule has 1 heterocycles. The monoisotopic (exact) mass is 286 g/mol. The van der Waals surface area contributed by atoms with Crippen molar-refractivity contribution in [2.75, 3.05) is 23.9 Å². The van der Waals surface area contributed by atoms with Crippen LogP contribution < -0.4 is 15.4 Å². The average Bonchev–Trinajstić information content (AvgIpc) is 2.83. The molecular weight excluding hydrogens is 271 g/mol. The fourth-order valence-electron chi connectivity index (χ4n) is 2.41. The third-order valence-corrected chi connectivity index (χ3v) is 3.43. The van der Waals surface area contributed by atoms with E-state index in [1.54, 1.807) is 35.2 Å². The molecule has 5 heteroatoms. The van der Waals surface area contributed by atoms with Crippen molar-refractivity contribution in [1.29, 1.82) is 0 Å². The predicted molar refractivity (Wildman–Crippen MR) is 79.3 cm³/mol. The van der Waals surface area contributed by atoms with Crippen molar-refractivity contribution in [1.82, 2.24) is 0 Å². The van der Waals surface area contributed by atoms with E-state index >= 15 is 0 Å². The van der Waals surface area contributed by atoms with Crippen LogP contribution in [0.25, 0.3) is 0 Å². The van der Waals surface area contributed by atoms with Gasteiger partial charge in [0.05, 0.1) is 6.54 Å². The molecule has 3 rings (SSSR count). The van der Waals surface area contributed by atoms with Gasteiger partial charge in [-0.2, -0.15) is 0 Å². The Morgan fingerprint density at radius 1 is 1.19 bits per heavy atom. The summed E-state index contributed by atoms with van der Waals surface area (Å²) in [5.41, 5.74) is 8.65. The lowest BCUT2D eigenvalue weighted by atomic mass is 10.1. The van der Waals surface area contributed by atoms with E-state index in [1.807, 2.05) is 12.1 Å². The summed E-state index contributed by atoms with van der Waals surface area (Å²) in [6.07, 6.45) is 0. The second-order valence-electron chi connectivity index (χ2n) is 4.84. The minimum Gasteiger partial charge on any atom is -0.491 e. The first-order chi connectivity index (χ1) is 10.2. The number of nitrogen functional groups attached to an aromatic ring is 1. The summed E-state index contributed by atoms with van der Waals surface area (Å²) in [7, 11) is 0. The summed E-state index contributed by atoms with van der Waals surface area (Å²) in [5, 5.41) is 0. The van der Waals surface area contributed by atoms with Gasteiger partial charge in [0.2, 0.25) is 0 Å². The lowest BCUT2D eigenvalue weighted by Gasteiger charge is -2.15. The number of halogens is 1. The summed E-state index contributed by atoms with van der Waals surface area (Å²) in [4.78, 5) is 14.1. The molecule has 0 atom stereocenters. The Labute approximate surface area is 121 Å². The zero-order valence-corrected chi connectivity index (χ0v) is 11.4. The van der Waals surface area contributed by atoms with Crippen LogP contribution in [0, 0.1) is 0 Å². The highest BCUT2D eigenvalue weighted by Gasteiger charge is 2.28. The highest BCUT2D eigenvalue weighted by molar-refractivity contribution is 6.10. The number of hydrogen-bond acceptors (Lipinski definition) is 3. The zero-order valence-electron chi connectivity index (χ0n) is 11.4. The molecular formula is C16H15FN2O2. The van der Waals surface area contributed by atoms with E-state index in [4.69, 9.17) is 10.5 Å². The van der Waals surface area contributed by atoms with E-state index in [2.05, 4.69) is 0 Å². The van der Waals surface area contributed by atoms with Crippen molar-refractivity contribution in [2.24, 2.45) is 0 Å². The quantitative estimate of drug-likeness (QED) is 0.879. The number of ether oxygens (including phenoxy) is 1. The molecule has 0 saturated carbocycles. The molecule has 0 bridgehead atoms. The number of anilines is 2. The SMILES string of the molecule is Nc1ccc(N2Cc3cc(OCCF)ccc3C2=O)cc1. The van der Waals surface area contributed by atoms with Crippen LogP contribution in [0.15, 0.2) is 42.5 Å². The third kappa shape index (κ3) is 2.54. The Kier molecular flexibility index (Phi) is 3.48. The molecule has 4 nitrogen and oxygen atoms in total. The molecule has 2 aromatic carbocycles. The number of benzene rings is 2. The van der Waals surface area contributed by atoms with Crippen molar-refractivity contribution in [3.05, 3.63) is 53.6 Å². The number of alkyl halides is 1. The molecule has 21 heavy (non-hydrogen) atoms. The van der Waals surface area contributed by atoms with Crippen LogP contribution in [0.2, 0.25) is 0 Å². The number of carbonyl (C=O) groups excluding carboxylic acids is 1. The summed E-state index contributed by atoms with van der Waals surface area (Å²) in [6.45, 7) is -0.0348. The normalized spacial score (nSPS) is 13.4. The second-order valence-corrected chi connectivity index (χ2v) is 4.84. The van der Waals surface area contributed by atoms with Gasteiger partial charge in [-0.05, 0) is 48.0 Å². The highest BCUT2D eigenvalue weighted by Crippen LogP contribution is 2.31. The Morgan fingerprint density at radius 3 is 2.67 bits per heavy atom. The lowest BCUT2D eigenvalue weighted by molar-refractivity contribution is 0.0996. The van der Waals surface area contributed by atoms with Crippen LogP contribution in [0.3, 0.4) is 0 Å². The van der Waals surface area contributed by atoms with Crippen molar-refractivity contribution >= 4 is 17.3 Å². The van der Waals surface area contributed by atoms with E-state index in [1.165, 1.54) is 0 Å². The van der Waals surface area contributed by atoms with Gasteiger partial charge in [-0.25, -0.2) is 4.39 Å². The number of nitrogens with two attached hydrogens (primary N) is 1. The molecule has 0 aromatic heterocycles. The van der Waals surface area contributed by atoms with E-state index in [0.29, 0.717) is 23.5 Å². The number of rotatable bonds is 4. The van der Waals surface area contributed by atoms with Gasteiger partial charge >= 0.3 is 0 Å². The van der Waals surface area contributed by atoms with Crippen molar-refractivity contribution in [3.63, 3.8) is 0 Å². The average molecular weight is 286 g/mol.